The van der Waals surface area contributed by atoms with E-state index in [0.29, 0.717) is 11.9 Å². The van der Waals surface area contributed by atoms with Gasteiger partial charge in [-0.05, 0) is 31.9 Å². The Morgan fingerprint density at radius 2 is 2.10 bits per heavy atom. The van der Waals surface area contributed by atoms with Crippen LogP contribution in [0.4, 0.5) is 4.39 Å². The summed E-state index contributed by atoms with van der Waals surface area (Å²) in [5.41, 5.74) is 1.51. The molecule has 0 radical (unpaired) electrons. The molecule has 1 unspecified atom stereocenters. The van der Waals surface area contributed by atoms with Gasteiger partial charge in [-0.15, -0.1) is 0 Å². The molecule has 0 aliphatic heterocycles. The number of fused-ring (bicyclic) bond motifs is 1. The van der Waals surface area contributed by atoms with Crippen LogP contribution in [-0.4, -0.2) is 20.6 Å². The Hall–Kier alpha value is -1.91. The number of aliphatic carboxylic acids is 1. The maximum absolute atomic E-state index is 13.3. The zero-order valence-electron chi connectivity index (χ0n) is 11.9. The number of benzene rings is 1. The first-order chi connectivity index (χ1) is 9.38. The highest BCUT2D eigenvalue weighted by Gasteiger charge is 2.17. The molecule has 4 nitrogen and oxygen atoms in total. The van der Waals surface area contributed by atoms with Crippen LogP contribution in [0, 0.1) is 11.7 Å². The van der Waals surface area contributed by atoms with Gasteiger partial charge >= 0.3 is 5.97 Å². The van der Waals surface area contributed by atoms with Crippen molar-refractivity contribution in [2.24, 2.45) is 5.92 Å². The van der Waals surface area contributed by atoms with Crippen molar-refractivity contribution in [3.63, 3.8) is 0 Å². The molecule has 1 atom stereocenters. The van der Waals surface area contributed by atoms with Crippen LogP contribution in [0.15, 0.2) is 18.2 Å². The third-order valence-electron chi connectivity index (χ3n) is 3.30. The first-order valence-corrected chi connectivity index (χ1v) is 6.76. The van der Waals surface area contributed by atoms with Crippen molar-refractivity contribution in [1.82, 2.24) is 9.55 Å². The summed E-state index contributed by atoms with van der Waals surface area (Å²) < 4.78 is 15.3. The summed E-state index contributed by atoms with van der Waals surface area (Å²) in [6.45, 7) is 5.96. The predicted octanol–water partition coefficient (Wildman–Crippen LogP) is 3.41. The van der Waals surface area contributed by atoms with Crippen LogP contribution in [-0.2, 0) is 11.2 Å². The van der Waals surface area contributed by atoms with Crippen LogP contribution < -0.4 is 0 Å². The predicted molar refractivity (Wildman–Crippen MR) is 75.2 cm³/mol. The third-order valence-corrected chi connectivity index (χ3v) is 3.30. The molecule has 0 amide bonds. The molecular formula is C15H19FN2O2. The van der Waals surface area contributed by atoms with E-state index >= 15 is 0 Å². The molecular weight excluding hydrogens is 259 g/mol. The van der Waals surface area contributed by atoms with E-state index in [9.17, 15) is 9.18 Å². The Morgan fingerprint density at radius 3 is 2.70 bits per heavy atom. The number of halogens is 1. The van der Waals surface area contributed by atoms with E-state index in [1.807, 2.05) is 25.3 Å². The number of aromatic nitrogens is 2. The van der Waals surface area contributed by atoms with Crippen molar-refractivity contribution in [3.8, 4) is 0 Å². The zero-order chi connectivity index (χ0) is 14.9. The Balaban J connectivity index is 2.41. The Kier molecular flexibility index (Phi) is 4.06. The van der Waals surface area contributed by atoms with Gasteiger partial charge in [0.2, 0.25) is 0 Å². The summed E-state index contributed by atoms with van der Waals surface area (Å²) in [7, 11) is 0. The number of carboxylic acid groups (broad SMARTS) is 1. The molecule has 1 aromatic carbocycles. The van der Waals surface area contributed by atoms with Gasteiger partial charge in [0.15, 0.2) is 0 Å². The Morgan fingerprint density at radius 1 is 1.40 bits per heavy atom. The van der Waals surface area contributed by atoms with Crippen LogP contribution in [0.1, 0.15) is 39.1 Å². The molecule has 108 valence electrons. The topological polar surface area (TPSA) is 55.1 Å². The van der Waals surface area contributed by atoms with E-state index in [1.54, 1.807) is 6.07 Å². The van der Waals surface area contributed by atoms with Gasteiger partial charge < -0.3 is 9.67 Å². The van der Waals surface area contributed by atoms with Crippen LogP contribution in [0.5, 0.6) is 0 Å². The number of hydrogen-bond acceptors (Lipinski definition) is 2. The largest absolute Gasteiger partial charge is 0.481 e. The second-order valence-electron chi connectivity index (χ2n) is 5.53. The Bertz CT molecular complexity index is 634. The smallest absolute Gasteiger partial charge is 0.303 e. The number of imidazole rings is 1. The highest BCUT2D eigenvalue weighted by atomic mass is 19.1. The van der Waals surface area contributed by atoms with Gasteiger partial charge in [0, 0.05) is 24.9 Å². The summed E-state index contributed by atoms with van der Waals surface area (Å²) in [4.78, 5) is 15.2. The average molecular weight is 278 g/mol. The summed E-state index contributed by atoms with van der Waals surface area (Å²) in [5, 5.41) is 8.84. The molecule has 2 rings (SSSR count). The zero-order valence-corrected chi connectivity index (χ0v) is 11.9. The molecule has 1 aromatic heterocycles. The fourth-order valence-electron chi connectivity index (χ4n) is 2.52. The van der Waals surface area contributed by atoms with E-state index in [0.717, 1.165) is 11.3 Å². The Labute approximate surface area is 117 Å². The van der Waals surface area contributed by atoms with Crippen molar-refractivity contribution in [2.45, 2.75) is 39.7 Å². The highest BCUT2D eigenvalue weighted by Crippen LogP contribution is 2.24. The highest BCUT2D eigenvalue weighted by molar-refractivity contribution is 5.76. The molecule has 0 bridgehead atoms. The monoisotopic (exact) mass is 278 g/mol. The van der Waals surface area contributed by atoms with Gasteiger partial charge in [0.1, 0.15) is 11.6 Å². The number of carboxylic acids is 1. The molecule has 0 spiro atoms. The maximum Gasteiger partial charge on any atom is 0.303 e. The minimum atomic E-state index is -0.809. The lowest BCUT2D eigenvalue weighted by Gasteiger charge is -2.15. The van der Waals surface area contributed by atoms with Crippen molar-refractivity contribution in [2.75, 3.05) is 0 Å². The normalized spacial score (nSPS) is 13.1. The van der Waals surface area contributed by atoms with Gasteiger partial charge in [0.25, 0.3) is 0 Å². The van der Waals surface area contributed by atoms with E-state index < -0.39 is 5.97 Å². The van der Waals surface area contributed by atoms with Crippen LogP contribution in [0.3, 0.4) is 0 Å². The maximum atomic E-state index is 13.3. The molecule has 20 heavy (non-hydrogen) atoms. The lowest BCUT2D eigenvalue weighted by atomic mass is 10.0. The minimum Gasteiger partial charge on any atom is -0.481 e. The minimum absolute atomic E-state index is 0.00772. The molecule has 0 aliphatic rings. The summed E-state index contributed by atoms with van der Waals surface area (Å²) in [6.07, 6.45) is 0.677. The first-order valence-electron chi connectivity index (χ1n) is 6.76. The summed E-state index contributed by atoms with van der Waals surface area (Å²) in [6, 6.07) is 4.76. The molecule has 0 fully saturated rings. The number of carbonyl (C=O) groups is 1. The number of rotatable bonds is 5. The van der Waals surface area contributed by atoms with Gasteiger partial charge in [-0.1, -0.05) is 6.92 Å². The fraction of sp³-hybridized carbons (Fsp3) is 0.467. The lowest BCUT2D eigenvalue weighted by molar-refractivity contribution is -0.137. The molecule has 0 saturated carbocycles. The second kappa shape index (κ2) is 5.61. The summed E-state index contributed by atoms with van der Waals surface area (Å²) in [5.74, 6) is -0.312. The van der Waals surface area contributed by atoms with Crippen molar-refractivity contribution in [1.29, 1.82) is 0 Å². The average Bonchev–Trinajstić information content (AvgIpc) is 2.64. The van der Waals surface area contributed by atoms with Crippen molar-refractivity contribution in [3.05, 3.63) is 29.8 Å². The SMILES string of the molecule is CC(CC(=O)O)Cc1nc2cc(F)ccc2n1C(C)C. The second-order valence-corrected chi connectivity index (χ2v) is 5.53. The molecule has 1 heterocycles. The van der Waals surface area contributed by atoms with E-state index in [1.165, 1.54) is 12.1 Å². The number of hydrogen-bond donors (Lipinski definition) is 1. The fourth-order valence-corrected chi connectivity index (χ4v) is 2.52. The van der Waals surface area contributed by atoms with E-state index in [4.69, 9.17) is 5.11 Å². The molecule has 1 N–H and O–H groups in total. The van der Waals surface area contributed by atoms with Gasteiger partial charge in [0.05, 0.1) is 11.0 Å². The van der Waals surface area contributed by atoms with Crippen LogP contribution in [0.2, 0.25) is 0 Å². The van der Waals surface area contributed by atoms with Gasteiger partial charge in [-0.3, -0.25) is 4.79 Å². The molecule has 0 aliphatic carbocycles. The van der Waals surface area contributed by atoms with E-state index in [2.05, 4.69) is 4.98 Å². The molecule has 0 saturated heterocycles. The quantitative estimate of drug-likeness (QED) is 0.911. The standard InChI is InChI=1S/C15H19FN2O2/c1-9(2)18-13-5-4-11(16)8-12(13)17-14(18)6-10(3)7-15(19)20/h4-5,8-10H,6-7H2,1-3H3,(H,19,20). The van der Waals surface area contributed by atoms with Crippen LogP contribution >= 0.6 is 0 Å². The first kappa shape index (κ1) is 14.5. The van der Waals surface area contributed by atoms with Gasteiger partial charge in [-0.25, -0.2) is 9.37 Å². The van der Waals surface area contributed by atoms with Crippen molar-refractivity contribution >= 4 is 17.0 Å². The third kappa shape index (κ3) is 2.98. The summed E-state index contributed by atoms with van der Waals surface area (Å²) >= 11 is 0. The lowest BCUT2D eigenvalue weighted by Crippen LogP contribution is -2.13. The van der Waals surface area contributed by atoms with Crippen LogP contribution in [0.25, 0.3) is 11.0 Å². The molecule has 5 heteroatoms. The van der Waals surface area contributed by atoms with Crippen molar-refractivity contribution < 1.29 is 14.3 Å². The van der Waals surface area contributed by atoms with E-state index in [-0.39, 0.29) is 24.2 Å². The van der Waals surface area contributed by atoms with Gasteiger partial charge in [-0.2, -0.15) is 0 Å². The number of nitrogens with zero attached hydrogens (tertiary/aromatic N) is 2. The molecule has 2 aromatic rings.